The van der Waals surface area contributed by atoms with E-state index in [2.05, 4.69) is 31.1 Å². The Balaban J connectivity index is 1.88. The zero-order valence-electron chi connectivity index (χ0n) is 15.7. The zero-order chi connectivity index (χ0) is 18.1. The van der Waals surface area contributed by atoms with Gasteiger partial charge in [0.2, 0.25) is 5.95 Å². The number of fused-ring (bicyclic) bond motifs is 3. The van der Waals surface area contributed by atoms with Crippen LogP contribution >= 0.6 is 0 Å². The summed E-state index contributed by atoms with van der Waals surface area (Å²) in [7, 11) is 1.69. The zero-order valence-corrected chi connectivity index (χ0v) is 15.7. The van der Waals surface area contributed by atoms with E-state index in [9.17, 15) is 9.59 Å². The highest BCUT2D eigenvalue weighted by Crippen LogP contribution is 2.19. The first-order chi connectivity index (χ1) is 11.9. The summed E-state index contributed by atoms with van der Waals surface area (Å²) in [6.45, 7) is 8.80. The van der Waals surface area contributed by atoms with E-state index in [4.69, 9.17) is 0 Å². The Hall–Kier alpha value is -2.05. The molecule has 2 aromatic rings. The van der Waals surface area contributed by atoms with Gasteiger partial charge in [-0.2, -0.15) is 4.98 Å². The van der Waals surface area contributed by atoms with E-state index in [1.165, 1.54) is 9.13 Å². The molecule has 2 aromatic heterocycles. The Bertz CT molecular complexity index is 874. The topological polar surface area (TPSA) is 73.8 Å². The summed E-state index contributed by atoms with van der Waals surface area (Å²) < 4.78 is 4.80. The summed E-state index contributed by atoms with van der Waals surface area (Å²) in [6.07, 6.45) is 3.95. The van der Waals surface area contributed by atoms with Crippen LogP contribution in [0.4, 0.5) is 5.95 Å². The number of nitrogens with one attached hydrogen (secondary N) is 1. The van der Waals surface area contributed by atoms with Gasteiger partial charge >= 0.3 is 5.69 Å². The number of aromatic nitrogens is 4. The van der Waals surface area contributed by atoms with Crippen molar-refractivity contribution in [2.75, 3.05) is 11.9 Å². The number of unbranched alkanes of at least 4 members (excludes halogenated alkanes) is 1. The van der Waals surface area contributed by atoms with Gasteiger partial charge in [-0.3, -0.25) is 13.9 Å². The van der Waals surface area contributed by atoms with Gasteiger partial charge in [0.1, 0.15) is 0 Å². The predicted octanol–water partition coefficient (Wildman–Crippen LogP) is 2.17. The smallest absolute Gasteiger partial charge is 0.332 e. The van der Waals surface area contributed by atoms with E-state index in [0.717, 1.165) is 38.8 Å². The summed E-state index contributed by atoms with van der Waals surface area (Å²) in [5, 5.41) is 3.21. The van der Waals surface area contributed by atoms with Gasteiger partial charge in [-0.15, -0.1) is 0 Å². The highest BCUT2D eigenvalue weighted by Gasteiger charge is 2.21. The van der Waals surface area contributed by atoms with Crippen molar-refractivity contribution in [3.05, 3.63) is 20.8 Å². The minimum Gasteiger partial charge on any atom is -0.356 e. The van der Waals surface area contributed by atoms with Gasteiger partial charge in [0.25, 0.3) is 5.56 Å². The maximum absolute atomic E-state index is 12.9. The maximum atomic E-state index is 12.9. The van der Waals surface area contributed by atoms with Crippen LogP contribution in [-0.4, -0.2) is 25.2 Å². The fraction of sp³-hybridized carbons (Fsp3) is 0.722. The normalized spacial score (nSPS) is 15.4. The van der Waals surface area contributed by atoms with E-state index in [1.54, 1.807) is 7.05 Å². The second kappa shape index (κ2) is 7.06. The summed E-state index contributed by atoms with van der Waals surface area (Å²) in [5.74, 6) is 2.02. The Morgan fingerprint density at radius 1 is 1.20 bits per heavy atom. The van der Waals surface area contributed by atoms with Crippen molar-refractivity contribution in [2.45, 2.75) is 59.5 Å². The molecule has 1 atom stereocenters. The molecule has 3 rings (SSSR count). The monoisotopic (exact) mass is 347 g/mol. The molecule has 1 aliphatic rings. The van der Waals surface area contributed by atoms with Crippen LogP contribution in [0, 0.1) is 11.8 Å². The SMILES string of the molecule is CC(C)C(C)CCCCn1c(=O)c2c(nc3n2CCCN3)n(C)c1=O. The van der Waals surface area contributed by atoms with Crippen molar-refractivity contribution in [1.82, 2.24) is 18.7 Å². The third-order valence-electron chi connectivity index (χ3n) is 5.50. The Labute approximate surface area is 147 Å². The van der Waals surface area contributed by atoms with Crippen LogP contribution in [0.15, 0.2) is 9.59 Å². The summed E-state index contributed by atoms with van der Waals surface area (Å²) in [6, 6.07) is 0. The predicted molar refractivity (Wildman–Crippen MR) is 100 cm³/mol. The number of hydrogen-bond acceptors (Lipinski definition) is 4. The average molecular weight is 347 g/mol. The lowest BCUT2D eigenvalue weighted by atomic mass is 9.93. The van der Waals surface area contributed by atoms with E-state index >= 15 is 0 Å². The molecule has 0 spiro atoms. The molecule has 7 heteroatoms. The van der Waals surface area contributed by atoms with E-state index < -0.39 is 0 Å². The number of anilines is 1. The van der Waals surface area contributed by atoms with Crippen LogP contribution in [0.2, 0.25) is 0 Å². The highest BCUT2D eigenvalue weighted by atomic mass is 16.2. The Morgan fingerprint density at radius 2 is 1.96 bits per heavy atom. The van der Waals surface area contributed by atoms with Crippen LogP contribution in [-0.2, 0) is 20.1 Å². The Morgan fingerprint density at radius 3 is 2.68 bits per heavy atom. The van der Waals surface area contributed by atoms with E-state index in [-0.39, 0.29) is 11.2 Å². The molecule has 0 amide bonds. The highest BCUT2D eigenvalue weighted by molar-refractivity contribution is 5.74. The number of aryl methyl sites for hydroxylation is 2. The lowest BCUT2D eigenvalue weighted by Gasteiger charge is -2.16. The second-order valence-electron chi connectivity index (χ2n) is 7.56. The van der Waals surface area contributed by atoms with Gasteiger partial charge in [0, 0.05) is 26.7 Å². The number of hydrogen-bond donors (Lipinski definition) is 1. The standard InChI is InChI=1S/C18H29N5O2/c1-12(2)13(3)8-5-6-10-23-16(24)14-15(21(4)18(23)25)20-17-19-9-7-11-22(14)17/h12-13H,5-11H2,1-4H3,(H,19,20). The minimum atomic E-state index is -0.273. The first-order valence-electron chi connectivity index (χ1n) is 9.35. The molecule has 0 saturated carbocycles. The molecule has 7 nitrogen and oxygen atoms in total. The molecule has 0 radical (unpaired) electrons. The summed E-state index contributed by atoms with van der Waals surface area (Å²) in [4.78, 5) is 30.0. The van der Waals surface area contributed by atoms with Gasteiger partial charge in [0.15, 0.2) is 11.2 Å². The van der Waals surface area contributed by atoms with Crippen LogP contribution < -0.4 is 16.6 Å². The van der Waals surface area contributed by atoms with Crippen molar-refractivity contribution in [3.8, 4) is 0 Å². The molecule has 1 unspecified atom stereocenters. The number of imidazole rings is 1. The quantitative estimate of drug-likeness (QED) is 0.813. The molecule has 0 aromatic carbocycles. The largest absolute Gasteiger partial charge is 0.356 e. The van der Waals surface area contributed by atoms with Gasteiger partial charge in [-0.25, -0.2) is 4.79 Å². The molecule has 0 saturated heterocycles. The van der Waals surface area contributed by atoms with Gasteiger partial charge in [-0.1, -0.05) is 33.6 Å². The lowest BCUT2D eigenvalue weighted by molar-refractivity contribution is 0.371. The molecule has 3 heterocycles. The summed E-state index contributed by atoms with van der Waals surface area (Å²) in [5.41, 5.74) is 0.534. The Kier molecular flexibility index (Phi) is 5.01. The third-order valence-corrected chi connectivity index (χ3v) is 5.50. The van der Waals surface area contributed by atoms with Gasteiger partial charge < -0.3 is 9.88 Å². The summed E-state index contributed by atoms with van der Waals surface area (Å²) >= 11 is 0. The fourth-order valence-electron chi connectivity index (χ4n) is 3.43. The molecule has 0 bridgehead atoms. The molecule has 0 aliphatic carbocycles. The molecule has 0 fully saturated rings. The van der Waals surface area contributed by atoms with Crippen molar-refractivity contribution >= 4 is 17.1 Å². The number of rotatable bonds is 6. The fourth-order valence-corrected chi connectivity index (χ4v) is 3.43. The first-order valence-corrected chi connectivity index (χ1v) is 9.35. The van der Waals surface area contributed by atoms with Crippen molar-refractivity contribution < 1.29 is 0 Å². The first kappa shape index (κ1) is 17.8. The molecule has 1 N–H and O–H groups in total. The lowest BCUT2D eigenvalue weighted by Crippen LogP contribution is -2.39. The van der Waals surface area contributed by atoms with Crippen LogP contribution in [0.5, 0.6) is 0 Å². The third kappa shape index (κ3) is 3.24. The van der Waals surface area contributed by atoms with Crippen LogP contribution in [0.1, 0.15) is 46.5 Å². The molecular weight excluding hydrogens is 318 g/mol. The van der Waals surface area contributed by atoms with Crippen molar-refractivity contribution in [1.29, 1.82) is 0 Å². The van der Waals surface area contributed by atoms with Crippen LogP contribution in [0.25, 0.3) is 11.2 Å². The molecule has 25 heavy (non-hydrogen) atoms. The second-order valence-corrected chi connectivity index (χ2v) is 7.56. The number of nitrogens with zero attached hydrogens (tertiary/aromatic N) is 4. The maximum Gasteiger partial charge on any atom is 0.332 e. The van der Waals surface area contributed by atoms with Crippen molar-refractivity contribution in [3.63, 3.8) is 0 Å². The van der Waals surface area contributed by atoms with Gasteiger partial charge in [-0.05, 0) is 24.7 Å². The van der Waals surface area contributed by atoms with Crippen molar-refractivity contribution in [2.24, 2.45) is 18.9 Å². The minimum absolute atomic E-state index is 0.211. The van der Waals surface area contributed by atoms with Crippen LogP contribution in [0.3, 0.4) is 0 Å². The average Bonchev–Trinajstić information content (AvgIpc) is 2.98. The van der Waals surface area contributed by atoms with E-state index in [0.29, 0.717) is 35.5 Å². The van der Waals surface area contributed by atoms with Gasteiger partial charge in [0.05, 0.1) is 0 Å². The van der Waals surface area contributed by atoms with E-state index in [1.807, 2.05) is 4.57 Å². The molecule has 1 aliphatic heterocycles. The molecule has 138 valence electrons. The molecular formula is C18H29N5O2.